The summed E-state index contributed by atoms with van der Waals surface area (Å²) in [5, 5.41) is 2.76. The monoisotopic (exact) mass is 283 g/mol. The van der Waals surface area contributed by atoms with Crippen LogP contribution in [0.15, 0.2) is 48.8 Å². The fraction of sp³-hybridized carbons (Fsp3) is 0.133. The van der Waals surface area contributed by atoms with Crippen LogP contribution in [0.1, 0.15) is 0 Å². The van der Waals surface area contributed by atoms with Crippen molar-refractivity contribution < 1.29 is 14.3 Å². The van der Waals surface area contributed by atoms with Crippen molar-refractivity contribution in [3.8, 4) is 5.75 Å². The van der Waals surface area contributed by atoms with Gasteiger partial charge in [-0.25, -0.2) is 4.79 Å². The zero-order valence-electron chi connectivity index (χ0n) is 11.2. The van der Waals surface area contributed by atoms with Gasteiger partial charge < -0.3 is 15.0 Å². The van der Waals surface area contributed by atoms with E-state index in [9.17, 15) is 9.59 Å². The Hall–Kier alpha value is -2.89. The molecule has 6 nitrogen and oxygen atoms in total. The number of rotatable bonds is 3. The molecule has 0 radical (unpaired) electrons. The number of para-hydroxylation sites is 2. The number of fused-ring (bicyclic) bond motifs is 1. The largest absolute Gasteiger partial charge is 0.423 e. The van der Waals surface area contributed by atoms with E-state index in [2.05, 4.69) is 10.3 Å². The van der Waals surface area contributed by atoms with Crippen LogP contribution in [-0.4, -0.2) is 29.9 Å². The number of anilines is 2. The first-order valence-electron chi connectivity index (χ1n) is 6.47. The molecule has 0 fully saturated rings. The van der Waals surface area contributed by atoms with Crippen molar-refractivity contribution >= 4 is 23.3 Å². The first kappa shape index (κ1) is 13.1. The second-order valence-electron chi connectivity index (χ2n) is 4.58. The summed E-state index contributed by atoms with van der Waals surface area (Å²) in [5.41, 5.74) is 1.41. The van der Waals surface area contributed by atoms with Gasteiger partial charge in [-0.1, -0.05) is 12.1 Å². The summed E-state index contributed by atoms with van der Waals surface area (Å²) in [6, 6.07) is 10.6. The van der Waals surface area contributed by atoms with Gasteiger partial charge in [-0.2, -0.15) is 0 Å². The van der Waals surface area contributed by atoms with Crippen LogP contribution in [0.25, 0.3) is 0 Å². The third kappa shape index (κ3) is 3.00. The number of amides is 1. The zero-order chi connectivity index (χ0) is 14.7. The van der Waals surface area contributed by atoms with E-state index in [1.807, 2.05) is 12.1 Å². The molecule has 1 aliphatic rings. The number of carbonyl (C=O) groups is 2. The number of hydrogen-bond donors (Lipinski definition) is 1. The molecule has 0 bridgehead atoms. The van der Waals surface area contributed by atoms with E-state index in [-0.39, 0.29) is 25.0 Å². The fourth-order valence-corrected chi connectivity index (χ4v) is 2.15. The predicted octanol–water partition coefficient (Wildman–Crippen LogP) is 1.45. The van der Waals surface area contributed by atoms with Crippen molar-refractivity contribution in [2.75, 3.05) is 23.3 Å². The second kappa shape index (κ2) is 5.62. The van der Waals surface area contributed by atoms with Gasteiger partial charge in [0.2, 0.25) is 5.91 Å². The Bertz CT molecular complexity index is 673. The maximum atomic E-state index is 12.1. The highest BCUT2D eigenvalue weighted by Gasteiger charge is 2.25. The second-order valence-corrected chi connectivity index (χ2v) is 4.58. The maximum Gasteiger partial charge on any atom is 0.331 e. The Morgan fingerprint density at radius 1 is 1.24 bits per heavy atom. The molecule has 106 valence electrons. The van der Waals surface area contributed by atoms with Crippen LogP contribution < -0.4 is 15.0 Å². The van der Waals surface area contributed by atoms with Gasteiger partial charge in [-0.15, -0.1) is 0 Å². The summed E-state index contributed by atoms with van der Waals surface area (Å²) in [4.78, 5) is 29.2. The Balaban J connectivity index is 1.73. The van der Waals surface area contributed by atoms with Gasteiger partial charge in [-0.3, -0.25) is 9.78 Å². The minimum Gasteiger partial charge on any atom is -0.423 e. The standard InChI is InChI=1S/C15H13N3O3/c19-14(17-11-5-7-16-8-6-11)9-18-10-15(20)21-13-4-2-1-3-12(13)18/h1-8H,9-10H2,(H,16,17,19). The van der Waals surface area contributed by atoms with Gasteiger partial charge in [0.1, 0.15) is 6.54 Å². The summed E-state index contributed by atoms with van der Waals surface area (Å²) in [6.07, 6.45) is 3.20. The highest BCUT2D eigenvalue weighted by atomic mass is 16.5. The van der Waals surface area contributed by atoms with E-state index in [0.717, 1.165) is 5.69 Å². The number of carbonyl (C=O) groups excluding carboxylic acids is 2. The molecule has 2 aromatic rings. The topological polar surface area (TPSA) is 71.5 Å². The summed E-state index contributed by atoms with van der Waals surface area (Å²) in [7, 11) is 0. The number of pyridine rings is 1. The molecule has 0 spiro atoms. The fourth-order valence-electron chi connectivity index (χ4n) is 2.15. The third-order valence-electron chi connectivity index (χ3n) is 3.05. The number of nitrogens with one attached hydrogen (secondary N) is 1. The van der Waals surface area contributed by atoms with E-state index in [1.165, 1.54) is 0 Å². The van der Waals surface area contributed by atoms with E-state index < -0.39 is 0 Å². The molecule has 1 aliphatic heterocycles. The summed E-state index contributed by atoms with van der Waals surface area (Å²) in [6.45, 7) is 0.134. The van der Waals surface area contributed by atoms with Gasteiger partial charge in [0.15, 0.2) is 5.75 Å². The molecule has 6 heteroatoms. The quantitative estimate of drug-likeness (QED) is 0.682. The van der Waals surface area contributed by atoms with Crippen LogP contribution in [0.4, 0.5) is 11.4 Å². The lowest BCUT2D eigenvalue weighted by Gasteiger charge is -2.29. The van der Waals surface area contributed by atoms with Crippen LogP contribution >= 0.6 is 0 Å². The Labute approximate surface area is 121 Å². The molecule has 0 saturated heterocycles. The van der Waals surface area contributed by atoms with Crippen molar-refractivity contribution in [2.45, 2.75) is 0 Å². The molecule has 0 unspecified atom stereocenters. The lowest BCUT2D eigenvalue weighted by Crippen LogP contribution is -2.41. The molecular formula is C15H13N3O3. The van der Waals surface area contributed by atoms with Gasteiger partial charge in [0, 0.05) is 18.1 Å². The first-order valence-corrected chi connectivity index (χ1v) is 6.47. The number of aromatic nitrogens is 1. The van der Waals surface area contributed by atoms with E-state index in [0.29, 0.717) is 11.4 Å². The summed E-state index contributed by atoms with van der Waals surface area (Å²) < 4.78 is 5.14. The number of esters is 1. The van der Waals surface area contributed by atoms with Crippen LogP contribution in [0.3, 0.4) is 0 Å². The van der Waals surface area contributed by atoms with Crippen molar-refractivity contribution in [1.29, 1.82) is 0 Å². The number of nitrogens with zero attached hydrogens (tertiary/aromatic N) is 2. The Kier molecular flexibility index (Phi) is 3.51. The zero-order valence-corrected chi connectivity index (χ0v) is 11.2. The van der Waals surface area contributed by atoms with Gasteiger partial charge in [-0.05, 0) is 24.3 Å². The number of hydrogen-bond acceptors (Lipinski definition) is 5. The third-order valence-corrected chi connectivity index (χ3v) is 3.05. The maximum absolute atomic E-state index is 12.1. The van der Waals surface area contributed by atoms with Gasteiger partial charge in [0.25, 0.3) is 0 Å². The van der Waals surface area contributed by atoms with E-state index in [4.69, 9.17) is 4.74 Å². The Morgan fingerprint density at radius 3 is 2.81 bits per heavy atom. The van der Waals surface area contributed by atoms with Crippen LogP contribution in [0.5, 0.6) is 5.75 Å². The minimum atomic E-state index is -0.370. The molecule has 0 atom stereocenters. The molecule has 3 rings (SSSR count). The van der Waals surface area contributed by atoms with Gasteiger partial charge >= 0.3 is 5.97 Å². The molecular weight excluding hydrogens is 270 g/mol. The Morgan fingerprint density at radius 2 is 2.00 bits per heavy atom. The first-order chi connectivity index (χ1) is 10.2. The van der Waals surface area contributed by atoms with E-state index in [1.54, 1.807) is 41.6 Å². The van der Waals surface area contributed by atoms with Crippen molar-refractivity contribution in [3.05, 3.63) is 48.8 Å². The highest BCUT2D eigenvalue weighted by Crippen LogP contribution is 2.31. The molecule has 0 saturated carbocycles. The SMILES string of the molecule is O=C(CN1CC(=O)Oc2ccccc21)Nc1ccncc1. The smallest absolute Gasteiger partial charge is 0.331 e. The lowest BCUT2D eigenvalue weighted by atomic mass is 10.2. The molecule has 1 N–H and O–H groups in total. The van der Waals surface area contributed by atoms with Gasteiger partial charge in [0.05, 0.1) is 12.2 Å². The molecule has 0 aliphatic carbocycles. The minimum absolute atomic E-state index is 0.0563. The van der Waals surface area contributed by atoms with Crippen molar-refractivity contribution in [3.63, 3.8) is 0 Å². The molecule has 1 aromatic heterocycles. The van der Waals surface area contributed by atoms with Crippen LogP contribution in [0, 0.1) is 0 Å². The van der Waals surface area contributed by atoms with Crippen molar-refractivity contribution in [1.82, 2.24) is 4.98 Å². The molecule has 1 aromatic carbocycles. The van der Waals surface area contributed by atoms with Crippen molar-refractivity contribution in [2.24, 2.45) is 0 Å². The van der Waals surface area contributed by atoms with E-state index >= 15 is 0 Å². The highest BCUT2D eigenvalue weighted by molar-refractivity contribution is 5.96. The summed E-state index contributed by atoms with van der Waals surface area (Å²) >= 11 is 0. The average molecular weight is 283 g/mol. The number of benzene rings is 1. The predicted molar refractivity (Wildman–Crippen MR) is 77.2 cm³/mol. The normalized spacial score (nSPS) is 13.3. The van der Waals surface area contributed by atoms with Crippen LogP contribution in [-0.2, 0) is 9.59 Å². The van der Waals surface area contributed by atoms with Crippen LogP contribution in [0.2, 0.25) is 0 Å². The number of ether oxygens (including phenoxy) is 1. The molecule has 21 heavy (non-hydrogen) atoms. The average Bonchev–Trinajstić information content (AvgIpc) is 2.48. The summed E-state index contributed by atoms with van der Waals surface area (Å²) in [5.74, 6) is -0.0958. The molecule has 1 amide bonds. The molecule has 2 heterocycles. The lowest BCUT2D eigenvalue weighted by molar-refractivity contribution is -0.133.